The zero-order chi connectivity index (χ0) is 26.5. The number of nitrogens with zero attached hydrogens (tertiary/aromatic N) is 1. The molecule has 0 saturated carbocycles. The molecular formula is C19H30N8O7S. The molecular weight excluding hydrogens is 484 g/mol. The summed E-state index contributed by atoms with van der Waals surface area (Å²) >= 11 is 1.40. The fraction of sp³-hybridized carbons (Fsp3) is 0.526. The number of rotatable bonds is 16. The molecule has 35 heavy (non-hydrogen) atoms. The molecule has 0 aromatic carbocycles. The minimum absolute atomic E-state index is 0.106. The van der Waals surface area contributed by atoms with Gasteiger partial charge in [-0.2, -0.15) is 11.8 Å². The summed E-state index contributed by atoms with van der Waals surface area (Å²) in [5.74, 6) is -5.28. The number of carboxylic acid groups (broad SMARTS) is 1. The molecule has 0 bridgehead atoms. The maximum absolute atomic E-state index is 12.9. The van der Waals surface area contributed by atoms with Crippen LogP contribution in [0.5, 0.6) is 0 Å². The fourth-order valence-electron chi connectivity index (χ4n) is 2.86. The molecule has 5 amide bonds. The van der Waals surface area contributed by atoms with Crippen molar-refractivity contribution in [3.63, 3.8) is 0 Å². The van der Waals surface area contributed by atoms with Gasteiger partial charge in [-0.3, -0.25) is 24.0 Å². The Morgan fingerprint density at radius 3 is 2.06 bits per heavy atom. The van der Waals surface area contributed by atoms with Gasteiger partial charge in [-0.15, -0.1) is 0 Å². The predicted molar refractivity (Wildman–Crippen MR) is 124 cm³/mol. The Labute approximate surface area is 204 Å². The highest BCUT2D eigenvalue weighted by Gasteiger charge is 2.31. The number of hydrogen-bond acceptors (Lipinski definition) is 9. The Morgan fingerprint density at radius 1 is 0.971 bits per heavy atom. The van der Waals surface area contributed by atoms with Crippen molar-refractivity contribution in [2.45, 2.75) is 49.9 Å². The van der Waals surface area contributed by atoms with Crippen LogP contribution in [0.15, 0.2) is 12.5 Å². The summed E-state index contributed by atoms with van der Waals surface area (Å²) in [6.45, 7) is 0. The fourth-order valence-corrected chi connectivity index (χ4v) is 3.33. The average molecular weight is 515 g/mol. The molecule has 0 aliphatic rings. The van der Waals surface area contributed by atoms with Crippen LogP contribution in [0.25, 0.3) is 0 Å². The van der Waals surface area contributed by atoms with Gasteiger partial charge in [-0.25, -0.2) is 9.78 Å². The number of carbonyl (C=O) groups excluding carboxylic acids is 5. The zero-order valence-corrected chi connectivity index (χ0v) is 19.8. The molecule has 15 nitrogen and oxygen atoms in total. The minimum atomic E-state index is -1.53. The molecule has 0 aliphatic heterocycles. The highest BCUT2D eigenvalue weighted by atomic mass is 32.2. The molecule has 1 rings (SSSR count). The summed E-state index contributed by atoms with van der Waals surface area (Å²) in [7, 11) is 0. The normalized spacial score (nSPS) is 14.1. The third kappa shape index (κ3) is 10.9. The Morgan fingerprint density at radius 2 is 1.54 bits per heavy atom. The Hall–Kier alpha value is -3.66. The molecule has 0 fully saturated rings. The second-order valence-electron chi connectivity index (χ2n) is 7.53. The maximum Gasteiger partial charge on any atom is 0.326 e. The monoisotopic (exact) mass is 514 g/mol. The second kappa shape index (κ2) is 14.6. The first-order valence-electron chi connectivity index (χ1n) is 10.4. The molecule has 4 unspecified atom stereocenters. The molecule has 194 valence electrons. The lowest BCUT2D eigenvalue weighted by atomic mass is 10.1. The standard InChI is InChI=1S/C19H30N8O7S/c1-35-3-2-11(19(33)34)25-17(31)12(4-9-7-23-8-24-9)27-18(32)13(6-15(22)29)26-16(30)10(20)5-14(21)28/h7-8,10-13H,2-6,20H2,1H3,(H2,21,28)(H2,22,29)(H,23,24)(H,25,31)(H,26,30)(H,27,32)(H,33,34). The third-order valence-electron chi connectivity index (χ3n) is 4.63. The minimum Gasteiger partial charge on any atom is -0.480 e. The van der Waals surface area contributed by atoms with E-state index in [4.69, 9.17) is 17.2 Å². The van der Waals surface area contributed by atoms with Gasteiger partial charge in [0.15, 0.2) is 0 Å². The first kappa shape index (κ1) is 29.4. The van der Waals surface area contributed by atoms with Crippen molar-refractivity contribution in [2.24, 2.45) is 17.2 Å². The van der Waals surface area contributed by atoms with Crippen molar-refractivity contribution >= 4 is 47.3 Å². The summed E-state index contributed by atoms with van der Waals surface area (Å²) in [4.78, 5) is 78.6. The van der Waals surface area contributed by atoms with Crippen LogP contribution >= 0.6 is 11.8 Å². The van der Waals surface area contributed by atoms with Gasteiger partial charge in [-0.05, 0) is 18.4 Å². The topological polar surface area (TPSA) is 265 Å². The maximum atomic E-state index is 12.9. The number of carbonyl (C=O) groups is 6. The van der Waals surface area contributed by atoms with E-state index in [0.717, 1.165) is 0 Å². The van der Waals surface area contributed by atoms with E-state index in [1.54, 1.807) is 6.26 Å². The van der Waals surface area contributed by atoms with Crippen LogP contribution < -0.4 is 33.2 Å². The summed E-state index contributed by atoms with van der Waals surface area (Å²) in [5.41, 5.74) is 16.2. The van der Waals surface area contributed by atoms with Crippen molar-refractivity contribution < 1.29 is 33.9 Å². The largest absolute Gasteiger partial charge is 0.480 e. The van der Waals surface area contributed by atoms with Crippen LogP contribution in [-0.4, -0.2) is 86.8 Å². The number of thioether (sulfide) groups is 1. The zero-order valence-electron chi connectivity index (χ0n) is 19.0. The summed E-state index contributed by atoms with van der Waals surface area (Å²) in [5, 5.41) is 16.4. The van der Waals surface area contributed by atoms with Gasteiger partial charge in [0.25, 0.3) is 0 Å². The summed E-state index contributed by atoms with van der Waals surface area (Å²) in [6.07, 6.45) is 3.43. The number of aromatic amines is 1. The first-order valence-corrected chi connectivity index (χ1v) is 11.8. The SMILES string of the molecule is CSCCC(NC(=O)C(Cc1cnc[nH]1)NC(=O)C(CC(N)=O)NC(=O)C(N)CC(N)=O)C(=O)O. The number of aliphatic carboxylic acids is 1. The molecule has 11 N–H and O–H groups in total. The highest BCUT2D eigenvalue weighted by molar-refractivity contribution is 7.98. The van der Waals surface area contributed by atoms with E-state index in [2.05, 4.69) is 25.9 Å². The molecule has 1 heterocycles. The van der Waals surface area contributed by atoms with Crippen LogP contribution in [0, 0.1) is 0 Å². The van der Waals surface area contributed by atoms with Crippen LogP contribution in [-0.2, 0) is 35.2 Å². The smallest absolute Gasteiger partial charge is 0.326 e. The van der Waals surface area contributed by atoms with E-state index in [9.17, 15) is 33.9 Å². The number of imidazole rings is 1. The highest BCUT2D eigenvalue weighted by Crippen LogP contribution is 2.05. The molecule has 0 saturated heterocycles. The number of aromatic nitrogens is 2. The van der Waals surface area contributed by atoms with Gasteiger partial charge in [0.05, 0.1) is 25.2 Å². The average Bonchev–Trinajstić information content (AvgIpc) is 3.27. The molecule has 1 aromatic heterocycles. The lowest BCUT2D eigenvalue weighted by Crippen LogP contribution is -2.58. The number of nitrogens with one attached hydrogen (secondary N) is 4. The number of amides is 5. The van der Waals surface area contributed by atoms with Gasteiger partial charge in [0.2, 0.25) is 29.5 Å². The molecule has 0 radical (unpaired) electrons. The summed E-state index contributed by atoms with van der Waals surface area (Å²) < 4.78 is 0. The number of primary amides is 2. The second-order valence-corrected chi connectivity index (χ2v) is 8.52. The lowest BCUT2D eigenvalue weighted by Gasteiger charge is -2.24. The van der Waals surface area contributed by atoms with Crippen molar-refractivity contribution in [3.05, 3.63) is 18.2 Å². The number of H-pyrrole nitrogens is 1. The van der Waals surface area contributed by atoms with Crippen molar-refractivity contribution in [2.75, 3.05) is 12.0 Å². The van der Waals surface area contributed by atoms with Gasteiger partial charge in [0, 0.05) is 18.3 Å². The van der Waals surface area contributed by atoms with E-state index in [-0.39, 0.29) is 12.8 Å². The Kier molecular flexibility index (Phi) is 12.2. The van der Waals surface area contributed by atoms with Gasteiger partial charge in [0.1, 0.15) is 18.1 Å². The van der Waals surface area contributed by atoms with Crippen LogP contribution in [0.1, 0.15) is 25.0 Å². The quantitative estimate of drug-likeness (QED) is 0.107. The Balaban J connectivity index is 3.05. The van der Waals surface area contributed by atoms with Crippen molar-refractivity contribution in [3.8, 4) is 0 Å². The van der Waals surface area contributed by atoms with E-state index < -0.39 is 72.5 Å². The number of nitrogens with two attached hydrogens (primary N) is 3. The number of carboxylic acids is 1. The lowest BCUT2D eigenvalue weighted by molar-refractivity contribution is -0.142. The molecule has 0 aliphatic carbocycles. The molecule has 1 aromatic rings. The van der Waals surface area contributed by atoms with Crippen molar-refractivity contribution in [1.29, 1.82) is 0 Å². The van der Waals surface area contributed by atoms with Gasteiger partial charge in [-0.1, -0.05) is 0 Å². The van der Waals surface area contributed by atoms with E-state index in [1.807, 2.05) is 0 Å². The van der Waals surface area contributed by atoms with Gasteiger partial charge < -0.3 is 43.2 Å². The molecule has 16 heteroatoms. The van der Waals surface area contributed by atoms with E-state index >= 15 is 0 Å². The van der Waals surface area contributed by atoms with Crippen molar-refractivity contribution in [1.82, 2.24) is 25.9 Å². The van der Waals surface area contributed by atoms with Crippen LogP contribution in [0.2, 0.25) is 0 Å². The van der Waals surface area contributed by atoms with E-state index in [1.165, 1.54) is 24.3 Å². The van der Waals surface area contributed by atoms with Gasteiger partial charge >= 0.3 is 5.97 Å². The summed E-state index contributed by atoms with van der Waals surface area (Å²) in [6, 6.07) is -5.41. The number of hydrogen-bond donors (Lipinski definition) is 8. The van der Waals surface area contributed by atoms with Crippen LogP contribution in [0.3, 0.4) is 0 Å². The van der Waals surface area contributed by atoms with Crippen LogP contribution in [0.4, 0.5) is 0 Å². The molecule has 4 atom stereocenters. The third-order valence-corrected chi connectivity index (χ3v) is 5.28. The predicted octanol–water partition coefficient (Wildman–Crippen LogP) is -3.68. The Bertz CT molecular complexity index is 911. The first-order chi connectivity index (χ1) is 16.4. The van der Waals surface area contributed by atoms with E-state index in [0.29, 0.717) is 11.4 Å². The molecule has 0 spiro atoms.